The fourth-order valence-electron chi connectivity index (χ4n) is 1.53. The maximum atomic E-state index is 12.9. The number of aromatic hydroxyl groups is 1. The van der Waals surface area contributed by atoms with Crippen molar-refractivity contribution in [3.05, 3.63) is 52.8 Å². The zero-order chi connectivity index (χ0) is 14.0. The molecule has 4 nitrogen and oxygen atoms in total. The first-order chi connectivity index (χ1) is 8.97. The molecule has 2 rings (SSSR count). The summed E-state index contributed by atoms with van der Waals surface area (Å²) in [7, 11) is 0. The first kappa shape index (κ1) is 13.2. The Kier molecular flexibility index (Phi) is 3.57. The Morgan fingerprint density at radius 1 is 1.26 bits per heavy atom. The zero-order valence-electron chi connectivity index (χ0n) is 9.65. The van der Waals surface area contributed by atoms with Crippen molar-refractivity contribution in [1.29, 1.82) is 0 Å². The van der Waals surface area contributed by atoms with E-state index in [0.29, 0.717) is 5.69 Å². The summed E-state index contributed by atoms with van der Waals surface area (Å²) in [4.78, 5) is 11.9. The molecule has 1 amide bonds. The molecule has 0 heterocycles. The minimum absolute atomic E-state index is 0.00434. The number of nitrogens with one attached hydrogen (secondary N) is 1. The average Bonchev–Trinajstić information content (AvgIpc) is 2.32. The molecule has 2 aromatic carbocycles. The van der Waals surface area contributed by atoms with Crippen molar-refractivity contribution in [3.63, 3.8) is 0 Å². The largest absolute Gasteiger partial charge is 0.508 e. The summed E-state index contributed by atoms with van der Waals surface area (Å²) in [5.74, 6) is -1.04. The van der Waals surface area contributed by atoms with E-state index in [1.165, 1.54) is 24.3 Å². The molecule has 98 valence electrons. The van der Waals surface area contributed by atoms with Crippen LogP contribution >= 0.6 is 11.6 Å². The van der Waals surface area contributed by atoms with Gasteiger partial charge in [-0.15, -0.1) is 0 Å². The van der Waals surface area contributed by atoms with Crippen LogP contribution in [0.3, 0.4) is 0 Å². The van der Waals surface area contributed by atoms with E-state index in [0.717, 1.165) is 12.1 Å². The maximum absolute atomic E-state index is 12.9. The van der Waals surface area contributed by atoms with Crippen LogP contribution in [-0.2, 0) is 0 Å². The lowest BCUT2D eigenvalue weighted by Crippen LogP contribution is -2.13. The first-order valence-electron chi connectivity index (χ1n) is 5.32. The summed E-state index contributed by atoms with van der Waals surface area (Å²) < 4.78 is 12.9. The van der Waals surface area contributed by atoms with Crippen LogP contribution in [0.1, 0.15) is 10.4 Å². The maximum Gasteiger partial charge on any atom is 0.257 e. The third-order valence-electron chi connectivity index (χ3n) is 2.46. The van der Waals surface area contributed by atoms with Crippen molar-refractivity contribution in [1.82, 2.24) is 0 Å². The molecule has 0 saturated carbocycles. The molecule has 0 unspecified atom stereocenters. The molecule has 0 atom stereocenters. The number of benzene rings is 2. The average molecular weight is 281 g/mol. The molecular formula is C13H10ClFN2O2. The van der Waals surface area contributed by atoms with Gasteiger partial charge in [-0.25, -0.2) is 4.39 Å². The predicted molar refractivity (Wildman–Crippen MR) is 71.9 cm³/mol. The highest BCUT2D eigenvalue weighted by atomic mass is 35.5. The lowest BCUT2D eigenvalue weighted by atomic mass is 10.2. The van der Waals surface area contributed by atoms with Gasteiger partial charge in [0.05, 0.1) is 22.0 Å². The van der Waals surface area contributed by atoms with Gasteiger partial charge in [0.15, 0.2) is 0 Å². The minimum Gasteiger partial charge on any atom is -0.508 e. The minimum atomic E-state index is -0.523. The summed E-state index contributed by atoms with van der Waals surface area (Å²) in [6.45, 7) is 0. The molecule has 6 heteroatoms. The Morgan fingerprint density at radius 2 is 2.00 bits per heavy atom. The summed E-state index contributed by atoms with van der Waals surface area (Å²) >= 11 is 5.78. The second-order valence-electron chi connectivity index (χ2n) is 3.85. The summed E-state index contributed by atoms with van der Waals surface area (Å²) in [5.41, 5.74) is 6.33. The zero-order valence-corrected chi connectivity index (χ0v) is 10.4. The predicted octanol–water partition coefficient (Wildman–Crippen LogP) is 3.02. The molecule has 4 N–H and O–H groups in total. The highest BCUT2D eigenvalue weighted by Gasteiger charge is 2.12. The fourth-order valence-corrected chi connectivity index (χ4v) is 1.78. The molecule has 0 radical (unpaired) electrons. The van der Waals surface area contributed by atoms with Crippen molar-refractivity contribution in [2.24, 2.45) is 0 Å². The highest BCUT2D eigenvalue weighted by Crippen LogP contribution is 2.25. The number of hydrogen-bond donors (Lipinski definition) is 3. The van der Waals surface area contributed by atoms with Gasteiger partial charge in [-0.1, -0.05) is 11.6 Å². The fraction of sp³-hybridized carbons (Fsp3) is 0. The van der Waals surface area contributed by atoms with Gasteiger partial charge in [0.2, 0.25) is 0 Å². The second kappa shape index (κ2) is 5.16. The van der Waals surface area contributed by atoms with Crippen molar-refractivity contribution in [2.75, 3.05) is 11.1 Å². The Morgan fingerprint density at radius 3 is 2.63 bits per heavy atom. The number of carbonyl (C=O) groups is 1. The van der Waals surface area contributed by atoms with Crippen LogP contribution in [0.2, 0.25) is 5.02 Å². The van der Waals surface area contributed by atoms with Crippen LogP contribution in [-0.4, -0.2) is 11.0 Å². The Balaban J connectivity index is 2.25. The van der Waals surface area contributed by atoms with E-state index in [-0.39, 0.29) is 22.0 Å². The van der Waals surface area contributed by atoms with Crippen LogP contribution in [0.4, 0.5) is 15.8 Å². The van der Waals surface area contributed by atoms with Gasteiger partial charge in [-0.3, -0.25) is 4.79 Å². The number of rotatable bonds is 2. The number of phenols is 1. The topological polar surface area (TPSA) is 75.3 Å². The van der Waals surface area contributed by atoms with E-state index < -0.39 is 11.7 Å². The summed E-state index contributed by atoms with van der Waals surface area (Å²) in [5, 5.41) is 11.7. The highest BCUT2D eigenvalue weighted by molar-refractivity contribution is 6.34. The third kappa shape index (κ3) is 2.95. The summed E-state index contributed by atoms with van der Waals surface area (Å²) in [6, 6.07) is 7.63. The monoisotopic (exact) mass is 280 g/mol. The van der Waals surface area contributed by atoms with Gasteiger partial charge < -0.3 is 16.2 Å². The van der Waals surface area contributed by atoms with Crippen molar-refractivity contribution >= 4 is 28.9 Å². The number of nitrogens with two attached hydrogens (primary N) is 1. The van der Waals surface area contributed by atoms with Gasteiger partial charge in [-0.2, -0.15) is 0 Å². The standard InChI is InChI=1S/C13H10ClFN2O2/c14-10-5-7(15)1-3-9(10)13(19)17-12-4-2-8(18)6-11(12)16/h1-6,18H,16H2,(H,17,19). The van der Waals surface area contributed by atoms with Crippen molar-refractivity contribution in [2.45, 2.75) is 0 Å². The quantitative estimate of drug-likeness (QED) is 0.585. The number of nitrogen functional groups attached to an aromatic ring is 1. The number of hydrogen-bond acceptors (Lipinski definition) is 3. The lowest BCUT2D eigenvalue weighted by Gasteiger charge is -2.09. The van der Waals surface area contributed by atoms with Crippen LogP contribution in [0.15, 0.2) is 36.4 Å². The van der Waals surface area contributed by atoms with E-state index in [2.05, 4.69) is 5.32 Å². The van der Waals surface area contributed by atoms with E-state index in [9.17, 15) is 14.3 Å². The molecule has 0 aliphatic rings. The van der Waals surface area contributed by atoms with Gasteiger partial charge in [-0.05, 0) is 30.3 Å². The number of anilines is 2. The lowest BCUT2D eigenvalue weighted by molar-refractivity contribution is 0.102. The Labute approximate surface area is 113 Å². The van der Waals surface area contributed by atoms with Gasteiger partial charge in [0.1, 0.15) is 11.6 Å². The number of carbonyl (C=O) groups excluding carboxylic acids is 1. The molecule has 0 bridgehead atoms. The smallest absolute Gasteiger partial charge is 0.257 e. The van der Waals surface area contributed by atoms with E-state index >= 15 is 0 Å². The van der Waals surface area contributed by atoms with E-state index in [1.807, 2.05) is 0 Å². The van der Waals surface area contributed by atoms with E-state index in [4.69, 9.17) is 17.3 Å². The Bertz CT molecular complexity index is 647. The SMILES string of the molecule is Nc1cc(O)ccc1NC(=O)c1ccc(F)cc1Cl. The normalized spacial score (nSPS) is 10.2. The molecule has 2 aromatic rings. The van der Waals surface area contributed by atoms with Gasteiger partial charge in [0.25, 0.3) is 5.91 Å². The molecule has 19 heavy (non-hydrogen) atoms. The second-order valence-corrected chi connectivity index (χ2v) is 4.26. The van der Waals surface area contributed by atoms with Gasteiger partial charge in [0, 0.05) is 6.07 Å². The molecule has 0 spiro atoms. The van der Waals surface area contributed by atoms with Crippen LogP contribution in [0, 0.1) is 5.82 Å². The third-order valence-corrected chi connectivity index (χ3v) is 2.77. The van der Waals surface area contributed by atoms with Crippen molar-refractivity contribution < 1.29 is 14.3 Å². The molecular weight excluding hydrogens is 271 g/mol. The van der Waals surface area contributed by atoms with Gasteiger partial charge >= 0.3 is 0 Å². The van der Waals surface area contributed by atoms with Crippen molar-refractivity contribution in [3.8, 4) is 5.75 Å². The molecule has 0 aliphatic carbocycles. The number of phenolic OH excluding ortho intramolecular Hbond substituents is 1. The number of amides is 1. The molecule has 0 saturated heterocycles. The molecule has 0 aliphatic heterocycles. The number of halogens is 2. The molecule has 0 aromatic heterocycles. The van der Waals surface area contributed by atoms with Crippen LogP contribution < -0.4 is 11.1 Å². The Hall–Kier alpha value is -2.27. The van der Waals surface area contributed by atoms with E-state index in [1.54, 1.807) is 0 Å². The van der Waals surface area contributed by atoms with Crippen LogP contribution in [0.5, 0.6) is 5.75 Å². The summed E-state index contributed by atoms with van der Waals surface area (Å²) in [6.07, 6.45) is 0. The molecule has 0 fully saturated rings. The first-order valence-corrected chi connectivity index (χ1v) is 5.70. The van der Waals surface area contributed by atoms with Crippen LogP contribution in [0.25, 0.3) is 0 Å².